The van der Waals surface area contributed by atoms with Gasteiger partial charge in [0.05, 0.1) is 17.2 Å². The quantitative estimate of drug-likeness (QED) is 0.669. The second kappa shape index (κ2) is 6.96. The molecule has 2 aromatic carbocycles. The van der Waals surface area contributed by atoms with E-state index in [9.17, 15) is 14.4 Å². The normalized spacial score (nSPS) is 12.7. The number of fused-ring (bicyclic) bond motifs is 2. The molecule has 0 bridgehead atoms. The number of aromatic nitrogens is 2. The van der Waals surface area contributed by atoms with E-state index in [1.807, 2.05) is 12.1 Å². The Bertz CT molecular complexity index is 1140. The van der Waals surface area contributed by atoms with E-state index in [4.69, 9.17) is 0 Å². The standard InChI is InChI=1S/C19H15BrN4O3/c20-12-2-4-16-15(7-12)19(27)24(10-22-16)6-5-17(25)23-13-3-1-11-9-21-18(26)14(11)8-13/h1-4,7-8,10H,5-6,9H2,(H,21,26)(H,23,25). The van der Waals surface area contributed by atoms with E-state index in [-0.39, 0.29) is 30.3 Å². The van der Waals surface area contributed by atoms with Gasteiger partial charge in [-0.25, -0.2) is 4.98 Å². The number of halogens is 1. The van der Waals surface area contributed by atoms with Gasteiger partial charge in [-0.2, -0.15) is 0 Å². The summed E-state index contributed by atoms with van der Waals surface area (Å²) in [6.07, 6.45) is 1.57. The molecule has 0 atom stereocenters. The molecule has 1 aliphatic rings. The molecule has 0 saturated carbocycles. The maximum atomic E-state index is 12.5. The zero-order chi connectivity index (χ0) is 19.0. The third kappa shape index (κ3) is 3.48. The van der Waals surface area contributed by atoms with Gasteiger partial charge in [-0.15, -0.1) is 0 Å². The first-order chi connectivity index (χ1) is 13.0. The van der Waals surface area contributed by atoms with Crippen molar-refractivity contribution >= 4 is 44.3 Å². The molecule has 1 aliphatic heterocycles. The molecule has 4 rings (SSSR count). The molecule has 0 radical (unpaired) electrons. The van der Waals surface area contributed by atoms with Crippen molar-refractivity contribution in [1.29, 1.82) is 0 Å². The molecule has 1 aromatic heterocycles. The number of benzene rings is 2. The maximum Gasteiger partial charge on any atom is 0.261 e. The third-order valence-corrected chi connectivity index (χ3v) is 4.94. The van der Waals surface area contributed by atoms with Crippen LogP contribution in [0.25, 0.3) is 10.9 Å². The molecule has 2 amide bonds. The highest BCUT2D eigenvalue weighted by atomic mass is 79.9. The van der Waals surface area contributed by atoms with Crippen LogP contribution in [0, 0.1) is 0 Å². The molecule has 8 heteroatoms. The van der Waals surface area contributed by atoms with Crippen LogP contribution in [0.4, 0.5) is 5.69 Å². The monoisotopic (exact) mass is 426 g/mol. The summed E-state index contributed by atoms with van der Waals surface area (Å²) < 4.78 is 2.22. The Morgan fingerprint density at radius 3 is 2.93 bits per heavy atom. The summed E-state index contributed by atoms with van der Waals surface area (Å²) in [5, 5.41) is 6.00. The minimum absolute atomic E-state index is 0.115. The van der Waals surface area contributed by atoms with Gasteiger partial charge in [0, 0.05) is 35.2 Å². The van der Waals surface area contributed by atoms with Gasteiger partial charge in [0.25, 0.3) is 11.5 Å². The van der Waals surface area contributed by atoms with Crippen LogP contribution in [0.15, 0.2) is 52.0 Å². The van der Waals surface area contributed by atoms with Gasteiger partial charge in [0.2, 0.25) is 5.91 Å². The van der Waals surface area contributed by atoms with Crippen molar-refractivity contribution in [3.05, 3.63) is 68.7 Å². The fourth-order valence-corrected chi connectivity index (χ4v) is 3.39. The average Bonchev–Trinajstić information content (AvgIpc) is 3.02. The summed E-state index contributed by atoms with van der Waals surface area (Å²) in [6, 6.07) is 10.6. The molecule has 2 heterocycles. The molecule has 0 aliphatic carbocycles. The van der Waals surface area contributed by atoms with Gasteiger partial charge in [-0.3, -0.25) is 19.0 Å². The highest BCUT2D eigenvalue weighted by Gasteiger charge is 2.19. The molecule has 0 spiro atoms. The molecule has 3 aromatic rings. The van der Waals surface area contributed by atoms with Gasteiger partial charge >= 0.3 is 0 Å². The van der Waals surface area contributed by atoms with Crippen LogP contribution in [0.2, 0.25) is 0 Å². The maximum absolute atomic E-state index is 12.5. The predicted molar refractivity (Wildman–Crippen MR) is 105 cm³/mol. The van der Waals surface area contributed by atoms with E-state index in [0.717, 1.165) is 10.0 Å². The first kappa shape index (κ1) is 17.4. The van der Waals surface area contributed by atoms with E-state index in [1.165, 1.54) is 10.9 Å². The largest absolute Gasteiger partial charge is 0.348 e. The van der Waals surface area contributed by atoms with Gasteiger partial charge in [-0.1, -0.05) is 22.0 Å². The van der Waals surface area contributed by atoms with Gasteiger partial charge in [0.1, 0.15) is 0 Å². The Balaban J connectivity index is 1.46. The molecule has 7 nitrogen and oxygen atoms in total. The number of carbonyl (C=O) groups excluding carboxylic acids is 2. The molecule has 136 valence electrons. The lowest BCUT2D eigenvalue weighted by Gasteiger charge is -2.09. The molecule has 0 saturated heterocycles. The SMILES string of the molecule is O=C(CCn1cnc2ccc(Br)cc2c1=O)Nc1ccc2c(c1)C(=O)NC2. The number of aryl methyl sites for hydroxylation is 1. The lowest BCUT2D eigenvalue weighted by molar-refractivity contribution is -0.116. The van der Waals surface area contributed by atoms with Crippen LogP contribution in [0.3, 0.4) is 0 Å². The second-order valence-corrected chi connectivity index (χ2v) is 7.17. The van der Waals surface area contributed by atoms with Crippen molar-refractivity contribution in [2.45, 2.75) is 19.5 Å². The van der Waals surface area contributed by atoms with Crippen LogP contribution in [-0.4, -0.2) is 21.4 Å². The Labute approximate surface area is 162 Å². The summed E-state index contributed by atoms with van der Waals surface area (Å²) in [7, 11) is 0. The molecular formula is C19H15BrN4O3. The van der Waals surface area contributed by atoms with Crippen LogP contribution in [0.5, 0.6) is 0 Å². The van der Waals surface area contributed by atoms with Crippen molar-refractivity contribution in [1.82, 2.24) is 14.9 Å². The summed E-state index contributed by atoms with van der Waals surface area (Å²) >= 11 is 3.35. The lowest BCUT2D eigenvalue weighted by atomic mass is 10.1. The Morgan fingerprint density at radius 1 is 1.22 bits per heavy atom. The fourth-order valence-electron chi connectivity index (χ4n) is 3.03. The second-order valence-electron chi connectivity index (χ2n) is 6.26. The number of nitrogens with one attached hydrogen (secondary N) is 2. The summed E-state index contributed by atoms with van der Waals surface area (Å²) in [5.74, 6) is -0.379. The summed E-state index contributed by atoms with van der Waals surface area (Å²) in [5.41, 5.74) is 2.47. The molecule has 0 fully saturated rings. The Hall–Kier alpha value is -3.00. The number of amides is 2. The number of nitrogens with zero attached hydrogens (tertiary/aromatic N) is 2. The Kier molecular flexibility index (Phi) is 4.49. The highest BCUT2D eigenvalue weighted by molar-refractivity contribution is 9.10. The molecule has 27 heavy (non-hydrogen) atoms. The van der Waals surface area contributed by atoms with Crippen LogP contribution in [0.1, 0.15) is 22.3 Å². The van der Waals surface area contributed by atoms with E-state index in [2.05, 4.69) is 31.5 Å². The zero-order valence-electron chi connectivity index (χ0n) is 14.2. The predicted octanol–water partition coefficient (Wildman–Crippen LogP) is 2.43. The third-order valence-electron chi connectivity index (χ3n) is 4.44. The minimum atomic E-state index is -0.241. The smallest absolute Gasteiger partial charge is 0.261 e. The van der Waals surface area contributed by atoms with E-state index in [0.29, 0.717) is 28.7 Å². The van der Waals surface area contributed by atoms with Crippen molar-refractivity contribution in [2.24, 2.45) is 0 Å². The first-order valence-corrected chi connectivity index (χ1v) is 9.16. The van der Waals surface area contributed by atoms with Crippen LogP contribution >= 0.6 is 15.9 Å². The van der Waals surface area contributed by atoms with E-state index < -0.39 is 0 Å². The van der Waals surface area contributed by atoms with Gasteiger partial charge in [-0.05, 0) is 35.9 Å². The number of rotatable bonds is 4. The highest BCUT2D eigenvalue weighted by Crippen LogP contribution is 2.20. The molecule has 2 N–H and O–H groups in total. The van der Waals surface area contributed by atoms with E-state index in [1.54, 1.807) is 24.3 Å². The Morgan fingerprint density at radius 2 is 2.07 bits per heavy atom. The fraction of sp³-hybridized carbons (Fsp3) is 0.158. The van der Waals surface area contributed by atoms with Crippen LogP contribution < -0.4 is 16.2 Å². The van der Waals surface area contributed by atoms with Crippen LogP contribution in [-0.2, 0) is 17.9 Å². The number of carbonyl (C=O) groups is 2. The topological polar surface area (TPSA) is 93.1 Å². The minimum Gasteiger partial charge on any atom is -0.348 e. The van der Waals surface area contributed by atoms with Crippen molar-refractivity contribution < 1.29 is 9.59 Å². The summed E-state index contributed by atoms with van der Waals surface area (Å²) in [4.78, 5) is 40.8. The summed E-state index contributed by atoms with van der Waals surface area (Å²) in [6.45, 7) is 0.724. The number of anilines is 1. The molecule has 0 unspecified atom stereocenters. The van der Waals surface area contributed by atoms with Crippen molar-refractivity contribution in [2.75, 3.05) is 5.32 Å². The van der Waals surface area contributed by atoms with Gasteiger partial charge in [0.15, 0.2) is 0 Å². The zero-order valence-corrected chi connectivity index (χ0v) is 15.7. The molecular weight excluding hydrogens is 412 g/mol. The number of hydrogen-bond donors (Lipinski definition) is 2. The number of hydrogen-bond acceptors (Lipinski definition) is 4. The first-order valence-electron chi connectivity index (χ1n) is 8.37. The van der Waals surface area contributed by atoms with Crippen molar-refractivity contribution in [3.8, 4) is 0 Å². The lowest BCUT2D eigenvalue weighted by Crippen LogP contribution is -2.23. The van der Waals surface area contributed by atoms with Gasteiger partial charge < -0.3 is 10.6 Å². The van der Waals surface area contributed by atoms with Crippen molar-refractivity contribution in [3.63, 3.8) is 0 Å². The average molecular weight is 427 g/mol. The van der Waals surface area contributed by atoms with E-state index >= 15 is 0 Å².